The molecule has 0 bridgehead atoms. The van der Waals surface area contributed by atoms with E-state index in [1.54, 1.807) is 12.1 Å². The predicted octanol–water partition coefficient (Wildman–Crippen LogP) is 1.55. The molecule has 4 rings (SSSR count). The van der Waals surface area contributed by atoms with Gasteiger partial charge in [-0.05, 0) is 17.7 Å². The number of hydrogen-bond donors (Lipinski definition) is 1. The van der Waals surface area contributed by atoms with Crippen molar-refractivity contribution < 1.29 is 19.1 Å². The Balaban J connectivity index is 1.32. The number of nitrogens with zero attached hydrogens (tertiary/aromatic N) is 3. The first-order valence-corrected chi connectivity index (χ1v) is 11.9. The van der Waals surface area contributed by atoms with Gasteiger partial charge in [0.2, 0.25) is 11.8 Å². The van der Waals surface area contributed by atoms with Gasteiger partial charge in [-0.15, -0.1) is 0 Å². The first-order chi connectivity index (χ1) is 16.6. The summed E-state index contributed by atoms with van der Waals surface area (Å²) < 4.78 is 5.32. The molecule has 180 valence electrons. The molecule has 0 radical (unpaired) electrons. The number of piperazine rings is 1. The number of nitrogens with one attached hydrogen (secondary N) is 1. The molecule has 1 N–H and O–H groups in total. The van der Waals surface area contributed by atoms with Crippen LogP contribution >= 0.6 is 0 Å². The van der Waals surface area contributed by atoms with E-state index >= 15 is 0 Å². The number of carbonyl (C=O) groups is 3. The molecule has 3 amide bonds. The maximum Gasteiger partial charge on any atom is 0.251 e. The van der Waals surface area contributed by atoms with Crippen LogP contribution in [0.2, 0.25) is 0 Å². The number of morpholine rings is 1. The number of carbonyl (C=O) groups excluding carboxylic acids is 3. The Morgan fingerprint density at radius 2 is 1.35 bits per heavy atom. The molecule has 0 aromatic heterocycles. The lowest BCUT2D eigenvalue weighted by Gasteiger charge is -2.36. The van der Waals surface area contributed by atoms with Crippen LogP contribution in [-0.2, 0) is 14.3 Å². The third kappa shape index (κ3) is 6.42. The molecule has 0 spiro atoms. The molecular weight excluding hydrogens is 432 g/mol. The molecule has 2 aromatic rings. The van der Waals surface area contributed by atoms with E-state index in [2.05, 4.69) is 10.2 Å². The minimum absolute atomic E-state index is 0.00127. The van der Waals surface area contributed by atoms with Crippen LogP contribution in [0.3, 0.4) is 0 Å². The quantitative estimate of drug-likeness (QED) is 0.673. The number of benzene rings is 2. The average molecular weight is 465 g/mol. The Labute approximate surface area is 200 Å². The Bertz CT molecular complexity index is 955. The van der Waals surface area contributed by atoms with Gasteiger partial charge in [0.05, 0.1) is 32.2 Å². The van der Waals surface area contributed by atoms with Crippen molar-refractivity contribution in [2.75, 3.05) is 59.0 Å². The largest absolute Gasteiger partial charge is 0.378 e. The first kappa shape index (κ1) is 23.9. The van der Waals surface area contributed by atoms with Crippen LogP contribution in [0.15, 0.2) is 60.7 Å². The summed E-state index contributed by atoms with van der Waals surface area (Å²) in [7, 11) is 0. The van der Waals surface area contributed by atoms with Gasteiger partial charge < -0.3 is 19.9 Å². The Kier molecular flexibility index (Phi) is 8.27. The molecule has 8 heteroatoms. The first-order valence-electron chi connectivity index (χ1n) is 11.9. The maximum atomic E-state index is 13.1. The van der Waals surface area contributed by atoms with Crippen molar-refractivity contribution in [2.45, 2.75) is 12.5 Å². The maximum absolute atomic E-state index is 13.1. The second-order valence-electron chi connectivity index (χ2n) is 8.66. The molecule has 2 aliphatic heterocycles. The van der Waals surface area contributed by atoms with Crippen molar-refractivity contribution in [1.29, 1.82) is 0 Å². The summed E-state index contributed by atoms with van der Waals surface area (Å²) in [5, 5.41) is 3.03. The monoisotopic (exact) mass is 464 g/mol. The van der Waals surface area contributed by atoms with E-state index in [1.165, 1.54) is 0 Å². The highest BCUT2D eigenvalue weighted by Gasteiger charge is 2.27. The summed E-state index contributed by atoms with van der Waals surface area (Å²) in [4.78, 5) is 44.2. The van der Waals surface area contributed by atoms with E-state index in [4.69, 9.17) is 4.74 Å². The van der Waals surface area contributed by atoms with Crippen LogP contribution in [0.4, 0.5) is 0 Å². The van der Waals surface area contributed by atoms with E-state index < -0.39 is 6.04 Å². The fourth-order valence-corrected chi connectivity index (χ4v) is 4.33. The van der Waals surface area contributed by atoms with E-state index in [0.29, 0.717) is 64.6 Å². The van der Waals surface area contributed by atoms with Crippen LogP contribution in [0.25, 0.3) is 0 Å². The lowest BCUT2D eigenvalue weighted by atomic mass is 10.0. The van der Waals surface area contributed by atoms with Gasteiger partial charge in [0, 0.05) is 44.8 Å². The Morgan fingerprint density at radius 1 is 0.765 bits per heavy atom. The molecule has 1 atom stereocenters. The smallest absolute Gasteiger partial charge is 0.251 e. The van der Waals surface area contributed by atoms with Gasteiger partial charge in [-0.3, -0.25) is 19.3 Å². The minimum atomic E-state index is -0.415. The molecule has 2 aliphatic rings. The van der Waals surface area contributed by atoms with Crippen LogP contribution < -0.4 is 5.32 Å². The fourth-order valence-electron chi connectivity index (χ4n) is 4.33. The third-order valence-corrected chi connectivity index (χ3v) is 6.37. The molecule has 2 fully saturated rings. The van der Waals surface area contributed by atoms with Gasteiger partial charge in [-0.1, -0.05) is 48.5 Å². The minimum Gasteiger partial charge on any atom is -0.378 e. The topological polar surface area (TPSA) is 82.2 Å². The lowest BCUT2D eigenvalue weighted by molar-refractivity contribution is -0.138. The molecule has 2 aromatic carbocycles. The van der Waals surface area contributed by atoms with Crippen molar-refractivity contribution in [3.05, 3.63) is 71.8 Å². The lowest BCUT2D eigenvalue weighted by Crippen LogP contribution is -2.53. The zero-order valence-electron chi connectivity index (χ0n) is 19.4. The molecule has 2 heterocycles. The molecular formula is C26H32N4O4. The summed E-state index contributed by atoms with van der Waals surface area (Å²) in [6.07, 6.45) is 0.190. The summed E-state index contributed by atoms with van der Waals surface area (Å²) in [5.41, 5.74) is 1.46. The normalized spacial score (nSPS) is 17.8. The predicted molar refractivity (Wildman–Crippen MR) is 128 cm³/mol. The van der Waals surface area contributed by atoms with E-state index in [9.17, 15) is 14.4 Å². The zero-order chi connectivity index (χ0) is 23.8. The van der Waals surface area contributed by atoms with Crippen molar-refractivity contribution in [3.63, 3.8) is 0 Å². The zero-order valence-corrected chi connectivity index (χ0v) is 19.4. The summed E-state index contributed by atoms with van der Waals surface area (Å²) in [6, 6.07) is 18.2. The van der Waals surface area contributed by atoms with Crippen molar-refractivity contribution in [3.8, 4) is 0 Å². The highest BCUT2D eigenvalue weighted by Crippen LogP contribution is 2.19. The number of ether oxygens (including phenoxy) is 1. The van der Waals surface area contributed by atoms with Crippen LogP contribution in [0.5, 0.6) is 0 Å². The SMILES string of the molecule is O=C(N[C@H](CC(=O)N1CCN(CC(=O)N2CCOCC2)CC1)c1ccccc1)c1ccccc1. The molecule has 2 saturated heterocycles. The molecule has 0 saturated carbocycles. The molecule has 0 aliphatic carbocycles. The number of rotatable bonds is 7. The highest BCUT2D eigenvalue weighted by molar-refractivity contribution is 5.94. The third-order valence-electron chi connectivity index (χ3n) is 6.37. The second kappa shape index (κ2) is 11.8. The van der Waals surface area contributed by atoms with E-state index in [-0.39, 0.29) is 24.1 Å². The van der Waals surface area contributed by atoms with Gasteiger partial charge in [0.1, 0.15) is 0 Å². The summed E-state index contributed by atoms with van der Waals surface area (Å²) in [5.74, 6) is -0.0779. The second-order valence-corrected chi connectivity index (χ2v) is 8.66. The van der Waals surface area contributed by atoms with Gasteiger partial charge in [-0.25, -0.2) is 0 Å². The summed E-state index contributed by atoms with van der Waals surface area (Å²) >= 11 is 0. The van der Waals surface area contributed by atoms with E-state index in [0.717, 1.165) is 5.56 Å². The van der Waals surface area contributed by atoms with Crippen molar-refractivity contribution in [2.24, 2.45) is 0 Å². The van der Waals surface area contributed by atoms with Gasteiger partial charge in [0.15, 0.2) is 0 Å². The highest BCUT2D eigenvalue weighted by atomic mass is 16.5. The summed E-state index contributed by atoms with van der Waals surface area (Å²) in [6.45, 7) is 5.32. The Hall–Kier alpha value is -3.23. The molecule has 8 nitrogen and oxygen atoms in total. The van der Waals surface area contributed by atoms with Crippen LogP contribution in [0.1, 0.15) is 28.4 Å². The number of amides is 3. The van der Waals surface area contributed by atoms with Crippen LogP contribution in [-0.4, -0.2) is 91.4 Å². The van der Waals surface area contributed by atoms with Crippen molar-refractivity contribution in [1.82, 2.24) is 20.0 Å². The standard InChI is InChI=1S/C26H32N4O4/c31-24(29-13-11-28(12-14-29)20-25(32)30-15-17-34-18-16-30)19-23(21-7-3-1-4-8-21)27-26(33)22-9-5-2-6-10-22/h1-10,23H,11-20H2,(H,27,33)/t23-/m1/s1. The van der Waals surface area contributed by atoms with E-state index in [1.807, 2.05) is 58.3 Å². The number of hydrogen-bond acceptors (Lipinski definition) is 5. The Morgan fingerprint density at radius 3 is 2.00 bits per heavy atom. The fraction of sp³-hybridized carbons (Fsp3) is 0.423. The molecule has 0 unspecified atom stereocenters. The van der Waals surface area contributed by atoms with Gasteiger partial charge >= 0.3 is 0 Å². The van der Waals surface area contributed by atoms with Gasteiger partial charge in [-0.2, -0.15) is 0 Å². The van der Waals surface area contributed by atoms with Crippen molar-refractivity contribution >= 4 is 17.7 Å². The molecule has 34 heavy (non-hydrogen) atoms. The van der Waals surface area contributed by atoms with Crippen LogP contribution in [0, 0.1) is 0 Å². The van der Waals surface area contributed by atoms with Gasteiger partial charge in [0.25, 0.3) is 5.91 Å². The average Bonchev–Trinajstić information content (AvgIpc) is 2.90.